The molecule has 5 rings (SSSR count). The van der Waals surface area contributed by atoms with E-state index in [2.05, 4.69) is 31.4 Å². The van der Waals surface area contributed by atoms with Gasteiger partial charge in [-0.1, -0.05) is 6.08 Å². The van der Waals surface area contributed by atoms with Crippen molar-refractivity contribution in [3.63, 3.8) is 0 Å². The predicted octanol–water partition coefficient (Wildman–Crippen LogP) is 2.17. The normalized spacial score (nSPS) is 16.7. The van der Waals surface area contributed by atoms with Crippen molar-refractivity contribution in [1.82, 2.24) is 20.0 Å². The van der Waals surface area contributed by atoms with Crippen LogP contribution in [0.1, 0.15) is 22.3 Å². The second-order valence-electron chi connectivity index (χ2n) is 8.15. The van der Waals surface area contributed by atoms with Gasteiger partial charge in [0.25, 0.3) is 11.8 Å². The van der Waals surface area contributed by atoms with Crippen LogP contribution in [-0.4, -0.2) is 59.8 Å². The standard InChI is InChI=1S/C23H24N6O4/c1-27-9-8-14-12-15(6-7-16(14)22(27)31)28-10-11-29-20(28)13-19(26-29)25-21(30)17-4-3-5-18(17)24-23(32)33-2/h3,5-7,12-13H,4,8-11H2,1-2H3,(H,24,32)(H,25,26,30). The number of nitrogens with zero attached hydrogens (tertiary/aromatic N) is 4. The van der Waals surface area contributed by atoms with Gasteiger partial charge in [0.2, 0.25) is 0 Å². The summed E-state index contributed by atoms with van der Waals surface area (Å²) in [6.07, 6.45) is 4.09. The number of hydrogen-bond acceptors (Lipinski definition) is 6. The van der Waals surface area contributed by atoms with E-state index < -0.39 is 6.09 Å². The molecule has 0 fully saturated rings. The van der Waals surface area contributed by atoms with E-state index in [-0.39, 0.29) is 11.8 Å². The number of rotatable bonds is 4. The third-order valence-electron chi connectivity index (χ3n) is 6.13. The molecule has 33 heavy (non-hydrogen) atoms. The van der Waals surface area contributed by atoms with Gasteiger partial charge in [0.15, 0.2) is 5.82 Å². The summed E-state index contributed by atoms with van der Waals surface area (Å²) in [6.45, 7) is 2.15. The van der Waals surface area contributed by atoms with Crippen molar-refractivity contribution in [3.8, 4) is 0 Å². The van der Waals surface area contributed by atoms with Crippen LogP contribution in [-0.2, 0) is 22.5 Å². The van der Waals surface area contributed by atoms with Crippen LogP contribution < -0.4 is 15.5 Å². The van der Waals surface area contributed by atoms with E-state index in [9.17, 15) is 14.4 Å². The molecule has 0 saturated heterocycles. The zero-order valence-corrected chi connectivity index (χ0v) is 18.4. The monoisotopic (exact) mass is 448 g/mol. The molecule has 0 unspecified atom stereocenters. The van der Waals surface area contributed by atoms with Gasteiger partial charge < -0.3 is 19.9 Å². The number of benzene rings is 1. The second-order valence-corrected chi connectivity index (χ2v) is 8.15. The van der Waals surface area contributed by atoms with Crippen LogP contribution >= 0.6 is 0 Å². The number of carbonyl (C=O) groups excluding carboxylic acids is 3. The quantitative estimate of drug-likeness (QED) is 0.742. The molecule has 0 radical (unpaired) electrons. The SMILES string of the molecule is COC(=O)NC1=C(C(=O)Nc2cc3n(n2)CCN3c2ccc3c(c2)CCN(C)C3=O)CC=C1. The minimum absolute atomic E-state index is 0.0519. The van der Waals surface area contributed by atoms with Gasteiger partial charge in [-0.05, 0) is 42.7 Å². The van der Waals surface area contributed by atoms with Gasteiger partial charge in [-0.25, -0.2) is 9.48 Å². The lowest BCUT2D eigenvalue weighted by molar-refractivity contribution is -0.113. The van der Waals surface area contributed by atoms with Gasteiger partial charge >= 0.3 is 6.09 Å². The summed E-state index contributed by atoms with van der Waals surface area (Å²) in [5.41, 5.74) is 3.66. The number of fused-ring (bicyclic) bond motifs is 2. The topological polar surface area (TPSA) is 109 Å². The van der Waals surface area contributed by atoms with Crippen LogP contribution in [0, 0.1) is 0 Å². The Morgan fingerprint density at radius 1 is 1.12 bits per heavy atom. The fourth-order valence-corrected chi connectivity index (χ4v) is 4.37. The summed E-state index contributed by atoms with van der Waals surface area (Å²) >= 11 is 0. The minimum Gasteiger partial charge on any atom is -0.453 e. The number of methoxy groups -OCH3 is 1. The summed E-state index contributed by atoms with van der Waals surface area (Å²) in [5, 5.41) is 9.90. The zero-order chi connectivity index (χ0) is 23.1. The van der Waals surface area contributed by atoms with Gasteiger partial charge in [0, 0.05) is 43.0 Å². The lowest BCUT2D eigenvalue weighted by Crippen LogP contribution is -2.34. The molecular weight excluding hydrogens is 424 g/mol. The minimum atomic E-state index is -0.628. The van der Waals surface area contributed by atoms with E-state index in [0.717, 1.165) is 35.6 Å². The molecule has 3 amide bonds. The van der Waals surface area contributed by atoms with E-state index in [1.165, 1.54) is 7.11 Å². The number of ether oxygens (including phenoxy) is 1. The molecule has 2 aliphatic heterocycles. The second kappa shape index (κ2) is 8.12. The highest BCUT2D eigenvalue weighted by Crippen LogP contribution is 2.34. The summed E-state index contributed by atoms with van der Waals surface area (Å²) < 4.78 is 6.46. The molecule has 0 saturated carbocycles. The maximum atomic E-state index is 12.8. The molecule has 170 valence electrons. The first kappa shape index (κ1) is 20.8. The molecule has 10 heteroatoms. The Labute approximate surface area is 190 Å². The Kier molecular flexibility index (Phi) is 5.12. The first-order chi connectivity index (χ1) is 15.9. The Morgan fingerprint density at radius 3 is 2.79 bits per heavy atom. The number of nitrogens with one attached hydrogen (secondary N) is 2. The largest absolute Gasteiger partial charge is 0.453 e. The van der Waals surface area contributed by atoms with Gasteiger partial charge in [-0.3, -0.25) is 14.9 Å². The number of hydrogen-bond donors (Lipinski definition) is 2. The maximum Gasteiger partial charge on any atom is 0.411 e. The summed E-state index contributed by atoms with van der Waals surface area (Å²) in [7, 11) is 3.09. The number of likely N-dealkylation sites (N-methyl/N-ethyl adjacent to an activating group) is 1. The van der Waals surface area contributed by atoms with Crippen molar-refractivity contribution in [2.45, 2.75) is 19.4 Å². The lowest BCUT2D eigenvalue weighted by atomic mass is 9.98. The summed E-state index contributed by atoms with van der Waals surface area (Å²) in [6, 6.07) is 7.75. The molecule has 1 aliphatic carbocycles. The van der Waals surface area contributed by atoms with E-state index in [1.807, 2.05) is 29.9 Å². The fraction of sp³-hybridized carbons (Fsp3) is 0.304. The number of allylic oxidation sites excluding steroid dienone is 2. The Hall–Kier alpha value is -4.08. The van der Waals surface area contributed by atoms with E-state index in [1.54, 1.807) is 17.1 Å². The highest BCUT2D eigenvalue weighted by molar-refractivity contribution is 6.05. The average molecular weight is 448 g/mol. The fourth-order valence-electron chi connectivity index (χ4n) is 4.37. The first-order valence-corrected chi connectivity index (χ1v) is 10.7. The van der Waals surface area contributed by atoms with Gasteiger partial charge in [-0.2, -0.15) is 5.10 Å². The Morgan fingerprint density at radius 2 is 1.97 bits per heavy atom. The van der Waals surface area contributed by atoms with Crippen LogP contribution in [0.2, 0.25) is 0 Å². The predicted molar refractivity (Wildman–Crippen MR) is 121 cm³/mol. The smallest absolute Gasteiger partial charge is 0.411 e. The first-order valence-electron chi connectivity index (χ1n) is 10.7. The van der Waals surface area contributed by atoms with Crippen LogP contribution in [0.15, 0.2) is 47.7 Å². The summed E-state index contributed by atoms with van der Waals surface area (Å²) in [5.74, 6) is 1.03. The molecule has 3 heterocycles. The van der Waals surface area contributed by atoms with Gasteiger partial charge in [-0.15, -0.1) is 0 Å². The molecule has 2 aromatic rings. The highest BCUT2D eigenvalue weighted by Gasteiger charge is 2.27. The average Bonchev–Trinajstić information content (AvgIpc) is 3.52. The van der Waals surface area contributed by atoms with Crippen molar-refractivity contribution < 1.29 is 19.1 Å². The Balaban J connectivity index is 1.34. The number of aromatic nitrogens is 2. The molecule has 1 aromatic heterocycles. The van der Waals surface area contributed by atoms with Crippen molar-refractivity contribution in [3.05, 3.63) is 58.8 Å². The summed E-state index contributed by atoms with van der Waals surface area (Å²) in [4.78, 5) is 40.6. The van der Waals surface area contributed by atoms with Crippen LogP contribution in [0.3, 0.4) is 0 Å². The number of carbonyl (C=O) groups is 3. The van der Waals surface area contributed by atoms with E-state index in [4.69, 9.17) is 0 Å². The molecule has 3 aliphatic rings. The molecule has 0 bridgehead atoms. The molecule has 10 nitrogen and oxygen atoms in total. The number of alkyl carbamates (subject to hydrolysis) is 1. The van der Waals surface area contributed by atoms with Crippen molar-refractivity contribution in [1.29, 1.82) is 0 Å². The molecular formula is C23H24N6O4. The van der Waals surface area contributed by atoms with E-state index in [0.29, 0.717) is 36.6 Å². The van der Waals surface area contributed by atoms with Gasteiger partial charge in [0.05, 0.1) is 19.4 Å². The van der Waals surface area contributed by atoms with E-state index >= 15 is 0 Å². The molecule has 0 spiro atoms. The number of amides is 3. The zero-order valence-electron chi connectivity index (χ0n) is 18.4. The van der Waals surface area contributed by atoms with Gasteiger partial charge in [0.1, 0.15) is 5.82 Å². The lowest BCUT2D eigenvalue weighted by Gasteiger charge is -2.26. The van der Waals surface area contributed by atoms with Crippen LogP contribution in [0.5, 0.6) is 0 Å². The Bertz CT molecular complexity index is 1230. The van der Waals surface area contributed by atoms with Crippen LogP contribution in [0.25, 0.3) is 0 Å². The molecule has 1 aromatic carbocycles. The maximum absolute atomic E-state index is 12.8. The third kappa shape index (κ3) is 3.73. The van der Waals surface area contributed by atoms with Crippen molar-refractivity contribution >= 4 is 35.2 Å². The molecule has 2 N–H and O–H groups in total. The molecule has 0 atom stereocenters. The number of anilines is 3. The van der Waals surface area contributed by atoms with Crippen molar-refractivity contribution in [2.24, 2.45) is 0 Å². The van der Waals surface area contributed by atoms with Crippen molar-refractivity contribution in [2.75, 3.05) is 37.5 Å². The van der Waals surface area contributed by atoms with Crippen LogP contribution in [0.4, 0.5) is 22.1 Å². The third-order valence-corrected chi connectivity index (χ3v) is 6.13. The highest BCUT2D eigenvalue weighted by atomic mass is 16.5.